The Labute approximate surface area is 231 Å². The van der Waals surface area contributed by atoms with Crippen molar-refractivity contribution >= 4 is 17.5 Å². The summed E-state index contributed by atoms with van der Waals surface area (Å²) in [5, 5.41) is 17.7. The molecule has 0 aromatic heterocycles. The lowest BCUT2D eigenvalue weighted by Crippen LogP contribution is -2.47. The van der Waals surface area contributed by atoms with E-state index in [9.17, 15) is 19.2 Å². The summed E-state index contributed by atoms with van der Waals surface area (Å²) in [6.45, 7) is 2.16. The van der Waals surface area contributed by atoms with Crippen molar-refractivity contribution in [1.82, 2.24) is 10.2 Å². The highest BCUT2D eigenvalue weighted by atomic mass is 35.5. The zero-order valence-corrected chi connectivity index (χ0v) is 22.2. The number of ether oxygens (including phenoxy) is 1. The third-order valence-corrected chi connectivity index (χ3v) is 7.53. The summed E-state index contributed by atoms with van der Waals surface area (Å²) in [6.07, 6.45) is 3.24. The van der Waals surface area contributed by atoms with Crippen LogP contribution < -0.4 is 10.1 Å². The van der Waals surface area contributed by atoms with Gasteiger partial charge in [-0.1, -0.05) is 59.2 Å². The van der Waals surface area contributed by atoms with Gasteiger partial charge in [-0.2, -0.15) is 0 Å². The molecule has 9 heteroatoms. The number of hydrogen-bond acceptors (Lipinski definition) is 6. The van der Waals surface area contributed by atoms with E-state index in [0.29, 0.717) is 28.4 Å². The van der Waals surface area contributed by atoms with Crippen LogP contribution in [0.5, 0.6) is 5.75 Å². The van der Waals surface area contributed by atoms with E-state index in [4.69, 9.17) is 16.3 Å². The Morgan fingerprint density at radius 3 is 2.23 bits per heavy atom. The number of nitrogens with one attached hydrogen (secondary N) is 1. The van der Waals surface area contributed by atoms with Gasteiger partial charge in [0.25, 0.3) is 5.91 Å². The van der Waals surface area contributed by atoms with Crippen LogP contribution in [0.25, 0.3) is 11.1 Å². The van der Waals surface area contributed by atoms with Gasteiger partial charge in [0, 0.05) is 6.54 Å². The van der Waals surface area contributed by atoms with E-state index in [-0.39, 0.29) is 11.9 Å². The smallest absolute Gasteiger partial charge is 0.253 e. The minimum Gasteiger partial charge on any atom is -0.489 e. The fraction of sp³-hybridized carbons (Fsp3) is 0.367. The van der Waals surface area contributed by atoms with Crippen molar-refractivity contribution in [3.05, 3.63) is 93.6 Å². The number of carbonyl (C=O) groups is 1. The number of nitrogens with zero attached hydrogens (tertiary/aromatic N) is 2. The summed E-state index contributed by atoms with van der Waals surface area (Å²) in [4.78, 5) is 27.3. The molecule has 1 saturated carbocycles. The molecule has 1 amide bonds. The maximum atomic E-state index is 13.3. The number of likely N-dealkylation sites (tertiary alicyclic amines) is 1. The van der Waals surface area contributed by atoms with Gasteiger partial charge in [0.2, 0.25) is 0 Å². The van der Waals surface area contributed by atoms with Gasteiger partial charge in [-0.15, -0.1) is 4.91 Å². The maximum absolute atomic E-state index is 13.3. The van der Waals surface area contributed by atoms with Gasteiger partial charge in [0.1, 0.15) is 17.7 Å². The Morgan fingerprint density at radius 2 is 1.64 bits per heavy atom. The second-order valence-corrected chi connectivity index (χ2v) is 10.6. The number of benzene rings is 3. The number of carbonyl (C=O) groups excluding carboxylic acids is 1. The number of amides is 1. The number of nitroso groups, excluding NO2 is 1. The second-order valence-electron chi connectivity index (χ2n) is 10.2. The van der Waals surface area contributed by atoms with Crippen LogP contribution >= 0.6 is 11.6 Å². The van der Waals surface area contributed by atoms with E-state index in [1.54, 1.807) is 54.6 Å². The van der Waals surface area contributed by atoms with Crippen molar-refractivity contribution in [3.63, 3.8) is 0 Å². The Hall–Kier alpha value is -3.33. The fourth-order valence-electron chi connectivity index (χ4n) is 4.88. The Kier molecular flexibility index (Phi) is 8.55. The summed E-state index contributed by atoms with van der Waals surface area (Å²) < 4.78 is 19.1. The molecule has 3 atom stereocenters. The van der Waals surface area contributed by atoms with Gasteiger partial charge in [-0.3, -0.25) is 4.79 Å². The van der Waals surface area contributed by atoms with E-state index in [0.717, 1.165) is 49.9 Å². The van der Waals surface area contributed by atoms with Crippen molar-refractivity contribution in [2.75, 3.05) is 19.6 Å². The molecule has 0 spiro atoms. The van der Waals surface area contributed by atoms with Crippen molar-refractivity contribution in [2.24, 2.45) is 5.18 Å². The third-order valence-electron chi connectivity index (χ3n) is 7.24. The molecule has 1 aliphatic carbocycles. The van der Waals surface area contributed by atoms with Gasteiger partial charge in [0.05, 0.1) is 17.2 Å². The van der Waals surface area contributed by atoms with Crippen LogP contribution in [0, 0.1) is 10.7 Å². The Bertz CT molecular complexity index is 1290. The molecule has 39 heavy (non-hydrogen) atoms. The van der Waals surface area contributed by atoms with Crippen molar-refractivity contribution in [2.45, 2.75) is 50.0 Å². The summed E-state index contributed by atoms with van der Waals surface area (Å²) in [5.41, 5.74) is 2.60. The summed E-state index contributed by atoms with van der Waals surface area (Å²) in [6, 6.07) is 16.1. The number of halogens is 2. The summed E-state index contributed by atoms with van der Waals surface area (Å²) in [7, 11) is 0. The molecule has 204 valence electrons. The van der Waals surface area contributed by atoms with Crippen LogP contribution in [0.2, 0.25) is 5.02 Å². The zero-order chi connectivity index (χ0) is 27.4. The van der Waals surface area contributed by atoms with Gasteiger partial charge in [0.15, 0.2) is 6.04 Å². The molecule has 2 aliphatic rings. The molecule has 1 heterocycles. The van der Waals surface area contributed by atoms with Crippen LogP contribution in [0.15, 0.2) is 71.9 Å². The fourth-order valence-corrected chi connectivity index (χ4v) is 5.12. The molecule has 1 aliphatic heterocycles. The van der Waals surface area contributed by atoms with Crippen LogP contribution in [-0.2, 0) is 4.79 Å². The molecule has 3 unspecified atom stereocenters. The summed E-state index contributed by atoms with van der Waals surface area (Å²) >= 11 is 6.43. The van der Waals surface area contributed by atoms with Gasteiger partial charge in [-0.05, 0) is 85.3 Å². The summed E-state index contributed by atoms with van der Waals surface area (Å²) in [5.74, 6) is -0.347. The van der Waals surface area contributed by atoms with Gasteiger partial charge >= 0.3 is 0 Å². The van der Waals surface area contributed by atoms with Crippen LogP contribution in [0.1, 0.15) is 49.0 Å². The predicted octanol–water partition coefficient (Wildman–Crippen LogP) is 5.81. The third kappa shape index (κ3) is 6.82. The zero-order valence-electron chi connectivity index (χ0n) is 21.4. The molecular formula is C30H31ClFN3O4. The highest BCUT2D eigenvalue weighted by Crippen LogP contribution is 2.34. The standard InChI is InChI=1S/C30H31ClFN3O4/c31-25-17-22(9-14-27(25)39-24-12-13-24)29(36)26(18-35-15-1-2-16-35)33-30(37)28(34-38)21-5-3-19(4-6-21)20-7-10-23(32)11-8-20/h3-11,14,17,24,26,28-29,36H,1-2,12-13,15-16,18H2,(H,33,37). The highest BCUT2D eigenvalue weighted by molar-refractivity contribution is 6.32. The van der Waals surface area contributed by atoms with E-state index in [1.165, 1.54) is 12.1 Å². The lowest BCUT2D eigenvalue weighted by atomic mass is 9.98. The first kappa shape index (κ1) is 27.2. The SMILES string of the molecule is O=NC(C(=O)NC(CN1CCCC1)C(O)c1ccc(OC2CC2)c(Cl)c1)c1ccc(-c2ccc(F)cc2)cc1. The minimum absolute atomic E-state index is 0.193. The van der Waals surface area contributed by atoms with Crippen molar-refractivity contribution in [1.29, 1.82) is 0 Å². The molecule has 1 saturated heterocycles. The van der Waals surface area contributed by atoms with Gasteiger partial charge < -0.3 is 20.1 Å². The van der Waals surface area contributed by atoms with E-state index in [2.05, 4.69) is 15.4 Å². The average molecular weight is 552 g/mol. The molecule has 0 bridgehead atoms. The topological polar surface area (TPSA) is 91.2 Å². The predicted molar refractivity (Wildman–Crippen MR) is 148 cm³/mol. The lowest BCUT2D eigenvalue weighted by molar-refractivity contribution is -0.124. The molecular weight excluding hydrogens is 521 g/mol. The van der Waals surface area contributed by atoms with Crippen LogP contribution in [0.3, 0.4) is 0 Å². The number of aliphatic hydroxyl groups is 1. The highest BCUT2D eigenvalue weighted by Gasteiger charge is 2.31. The molecule has 0 radical (unpaired) electrons. The van der Waals surface area contributed by atoms with Crippen LogP contribution in [-0.4, -0.2) is 47.7 Å². The van der Waals surface area contributed by atoms with E-state index in [1.807, 2.05) is 0 Å². The Balaban J connectivity index is 1.32. The van der Waals surface area contributed by atoms with E-state index < -0.39 is 24.1 Å². The quantitative estimate of drug-likeness (QED) is 0.293. The molecule has 3 aromatic carbocycles. The monoisotopic (exact) mass is 551 g/mol. The largest absolute Gasteiger partial charge is 0.489 e. The number of rotatable bonds is 11. The lowest BCUT2D eigenvalue weighted by Gasteiger charge is -2.29. The average Bonchev–Trinajstić information content (AvgIpc) is 3.62. The first-order valence-electron chi connectivity index (χ1n) is 13.3. The second kappa shape index (κ2) is 12.2. The maximum Gasteiger partial charge on any atom is 0.253 e. The molecule has 5 rings (SSSR count). The van der Waals surface area contributed by atoms with E-state index >= 15 is 0 Å². The minimum atomic E-state index is -1.29. The van der Waals surface area contributed by atoms with Crippen molar-refractivity contribution < 1.29 is 19.0 Å². The molecule has 2 N–H and O–H groups in total. The first-order valence-corrected chi connectivity index (χ1v) is 13.6. The first-order chi connectivity index (χ1) is 18.9. The Morgan fingerprint density at radius 1 is 1.03 bits per heavy atom. The van der Waals surface area contributed by atoms with Crippen molar-refractivity contribution in [3.8, 4) is 16.9 Å². The van der Waals surface area contributed by atoms with Crippen LogP contribution in [0.4, 0.5) is 4.39 Å². The number of hydrogen-bond donors (Lipinski definition) is 2. The normalized spacial score (nSPS) is 17.8. The molecule has 3 aromatic rings. The number of aliphatic hydroxyl groups excluding tert-OH is 1. The molecule has 2 fully saturated rings. The molecule has 7 nitrogen and oxygen atoms in total. The van der Waals surface area contributed by atoms with Gasteiger partial charge in [-0.25, -0.2) is 4.39 Å².